The summed E-state index contributed by atoms with van der Waals surface area (Å²) < 4.78 is 18.1. The minimum atomic E-state index is -0.980. The van der Waals surface area contributed by atoms with Gasteiger partial charge in [-0.15, -0.1) is 11.3 Å². The quantitative estimate of drug-likeness (QED) is 0.249. The molecule has 1 aromatic heterocycles. The number of carbonyl (C=O) groups is 3. The van der Waals surface area contributed by atoms with Crippen LogP contribution in [0.2, 0.25) is 0 Å². The van der Waals surface area contributed by atoms with Crippen LogP contribution in [-0.2, 0) is 27.2 Å². The number of ether oxygens (including phenoxy) is 1. The lowest BCUT2D eigenvalue weighted by molar-refractivity contribution is -0.136. The van der Waals surface area contributed by atoms with Crippen LogP contribution in [-0.4, -0.2) is 30.6 Å². The van der Waals surface area contributed by atoms with Crippen LogP contribution in [0, 0.1) is 5.82 Å². The fourth-order valence-electron chi connectivity index (χ4n) is 3.17. The number of esters is 1. The smallest absolute Gasteiger partial charge is 0.341 e. The first-order valence-corrected chi connectivity index (χ1v) is 10.5. The number of rotatable bonds is 5. The van der Waals surface area contributed by atoms with Gasteiger partial charge in [-0.1, -0.05) is 18.6 Å². The second kappa shape index (κ2) is 10.1. The number of nitrogens with one attached hydrogen (secondary N) is 2. The average molecular weight is 431 g/mol. The number of halogens is 1. The number of aryl methyl sites for hydroxylation is 1. The van der Waals surface area contributed by atoms with Crippen LogP contribution < -0.4 is 10.7 Å². The Morgan fingerprint density at radius 2 is 1.87 bits per heavy atom. The number of hydrazone groups is 1. The van der Waals surface area contributed by atoms with E-state index in [4.69, 9.17) is 4.74 Å². The van der Waals surface area contributed by atoms with E-state index in [1.54, 1.807) is 6.92 Å². The highest BCUT2D eigenvalue weighted by molar-refractivity contribution is 7.17. The van der Waals surface area contributed by atoms with Gasteiger partial charge in [0, 0.05) is 4.88 Å². The molecule has 0 bridgehead atoms. The van der Waals surface area contributed by atoms with Gasteiger partial charge in [-0.25, -0.2) is 14.6 Å². The number of nitrogens with zero attached hydrogens (tertiary/aromatic N) is 1. The highest BCUT2D eigenvalue weighted by Crippen LogP contribution is 2.38. The van der Waals surface area contributed by atoms with Crippen molar-refractivity contribution in [2.75, 3.05) is 11.9 Å². The predicted molar refractivity (Wildman–Crippen MR) is 112 cm³/mol. The summed E-state index contributed by atoms with van der Waals surface area (Å²) in [6, 6.07) is 5.48. The first-order chi connectivity index (χ1) is 14.5. The zero-order valence-corrected chi connectivity index (χ0v) is 17.3. The molecule has 1 aliphatic carbocycles. The molecule has 0 saturated heterocycles. The number of hydrogen-bond donors (Lipinski definition) is 2. The van der Waals surface area contributed by atoms with Crippen molar-refractivity contribution in [3.05, 3.63) is 51.7 Å². The van der Waals surface area contributed by atoms with E-state index in [1.165, 1.54) is 41.8 Å². The molecule has 0 spiro atoms. The minimum absolute atomic E-state index is 0.218. The largest absolute Gasteiger partial charge is 0.462 e. The molecule has 0 aliphatic heterocycles. The summed E-state index contributed by atoms with van der Waals surface area (Å²) in [5.41, 5.74) is 3.93. The van der Waals surface area contributed by atoms with E-state index in [9.17, 15) is 18.8 Å². The Morgan fingerprint density at radius 3 is 2.60 bits per heavy atom. The molecule has 0 unspecified atom stereocenters. The van der Waals surface area contributed by atoms with Gasteiger partial charge in [-0.05, 0) is 55.9 Å². The molecular formula is C21H22FN3O4S. The summed E-state index contributed by atoms with van der Waals surface area (Å²) in [6.07, 6.45) is 5.92. The number of carbonyl (C=O) groups excluding carboxylic acids is 3. The van der Waals surface area contributed by atoms with Crippen LogP contribution in [0.4, 0.5) is 9.39 Å². The summed E-state index contributed by atoms with van der Waals surface area (Å²) in [5.74, 6) is -2.80. The molecule has 1 aromatic carbocycles. The second-order valence-electron chi connectivity index (χ2n) is 6.69. The average Bonchev–Trinajstić information content (AvgIpc) is 2.90. The third-order valence-corrected chi connectivity index (χ3v) is 5.79. The molecule has 0 atom stereocenters. The molecule has 30 heavy (non-hydrogen) atoms. The van der Waals surface area contributed by atoms with Crippen LogP contribution in [0.15, 0.2) is 29.4 Å². The van der Waals surface area contributed by atoms with E-state index in [-0.39, 0.29) is 12.4 Å². The van der Waals surface area contributed by atoms with E-state index in [0.29, 0.717) is 16.1 Å². The Kier molecular flexibility index (Phi) is 7.29. The van der Waals surface area contributed by atoms with Crippen LogP contribution in [0.5, 0.6) is 0 Å². The van der Waals surface area contributed by atoms with E-state index in [1.807, 2.05) is 0 Å². The predicted octanol–water partition coefficient (Wildman–Crippen LogP) is 3.42. The van der Waals surface area contributed by atoms with Crippen molar-refractivity contribution in [3.8, 4) is 0 Å². The van der Waals surface area contributed by atoms with Crippen molar-refractivity contribution < 1.29 is 23.5 Å². The highest BCUT2D eigenvalue weighted by Gasteiger charge is 2.27. The topological polar surface area (TPSA) is 96.9 Å². The van der Waals surface area contributed by atoms with Gasteiger partial charge >= 0.3 is 17.8 Å². The Morgan fingerprint density at radius 1 is 1.13 bits per heavy atom. The normalized spacial score (nSPS) is 13.4. The third-order valence-electron chi connectivity index (χ3n) is 4.58. The Bertz CT molecular complexity index is 969. The molecule has 0 fully saturated rings. The van der Waals surface area contributed by atoms with Gasteiger partial charge in [0.2, 0.25) is 0 Å². The number of thiophene rings is 1. The Hall–Kier alpha value is -3.07. The summed E-state index contributed by atoms with van der Waals surface area (Å²) in [4.78, 5) is 37.9. The number of anilines is 1. The van der Waals surface area contributed by atoms with Gasteiger partial charge in [0.1, 0.15) is 10.8 Å². The molecule has 7 nitrogen and oxygen atoms in total. The Balaban J connectivity index is 1.71. The first-order valence-electron chi connectivity index (χ1n) is 9.71. The Labute approximate surface area is 177 Å². The maximum absolute atomic E-state index is 12.9. The summed E-state index contributed by atoms with van der Waals surface area (Å²) >= 11 is 1.31. The zero-order chi connectivity index (χ0) is 21.5. The van der Waals surface area contributed by atoms with Gasteiger partial charge < -0.3 is 10.1 Å². The van der Waals surface area contributed by atoms with Crippen molar-refractivity contribution in [3.63, 3.8) is 0 Å². The van der Waals surface area contributed by atoms with Crippen LogP contribution in [0.25, 0.3) is 0 Å². The fourth-order valence-corrected chi connectivity index (χ4v) is 4.45. The second-order valence-corrected chi connectivity index (χ2v) is 7.80. The van der Waals surface area contributed by atoms with Crippen molar-refractivity contribution in [2.24, 2.45) is 5.10 Å². The van der Waals surface area contributed by atoms with Gasteiger partial charge in [0.25, 0.3) is 0 Å². The van der Waals surface area contributed by atoms with Crippen molar-refractivity contribution in [2.45, 2.75) is 39.0 Å². The van der Waals surface area contributed by atoms with Crippen molar-refractivity contribution in [1.82, 2.24) is 5.43 Å². The molecule has 0 saturated carbocycles. The molecule has 0 radical (unpaired) electrons. The SMILES string of the molecule is CCOC(=O)c1c(NC(=O)C(=O)N/N=C/c2ccc(F)cc2)sc2c1CCCCC2. The zero-order valence-electron chi connectivity index (χ0n) is 16.5. The van der Waals surface area contributed by atoms with E-state index < -0.39 is 17.8 Å². The molecule has 2 amide bonds. The summed E-state index contributed by atoms with van der Waals surface area (Å²) in [5, 5.41) is 6.55. The lowest BCUT2D eigenvalue weighted by Crippen LogP contribution is -2.32. The van der Waals surface area contributed by atoms with Crippen LogP contribution in [0.3, 0.4) is 0 Å². The number of fused-ring (bicyclic) bond motifs is 1. The molecule has 3 rings (SSSR count). The maximum Gasteiger partial charge on any atom is 0.341 e. The van der Waals surface area contributed by atoms with Crippen LogP contribution in [0.1, 0.15) is 52.5 Å². The first kappa shape index (κ1) is 21.6. The maximum atomic E-state index is 12.9. The van der Waals surface area contributed by atoms with Crippen molar-refractivity contribution in [1.29, 1.82) is 0 Å². The van der Waals surface area contributed by atoms with Gasteiger partial charge in [-0.3, -0.25) is 9.59 Å². The van der Waals surface area contributed by atoms with Crippen LogP contribution >= 0.6 is 11.3 Å². The molecule has 9 heteroatoms. The van der Waals surface area contributed by atoms with Gasteiger partial charge in [-0.2, -0.15) is 5.10 Å². The molecule has 1 aliphatic rings. The number of benzene rings is 1. The monoisotopic (exact) mass is 431 g/mol. The van der Waals surface area contributed by atoms with Gasteiger partial charge in [0.15, 0.2) is 0 Å². The molecular weight excluding hydrogens is 409 g/mol. The van der Waals surface area contributed by atoms with Crippen molar-refractivity contribution >= 4 is 40.3 Å². The highest BCUT2D eigenvalue weighted by atomic mass is 32.1. The van der Waals surface area contributed by atoms with E-state index >= 15 is 0 Å². The standard InChI is InChI=1S/C21H22FN3O4S/c1-2-29-21(28)17-15-6-4-3-5-7-16(15)30-20(17)24-18(26)19(27)25-23-12-13-8-10-14(22)11-9-13/h8-12H,2-7H2,1H3,(H,24,26)(H,25,27)/b23-12+. The fraction of sp³-hybridized carbons (Fsp3) is 0.333. The lowest BCUT2D eigenvalue weighted by atomic mass is 10.1. The van der Waals surface area contributed by atoms with Gasteiger partial charge in [0.05, 0.1) is 18.4 Å². The molecule has 158 valence electrons. The molecule has 2 N–H and O–H groups in total. The number of hydrogen-bond acceptors (Lipinski definition) is 6. The summed E-state index contributed by atoms with van der Waals surface area (Å²) in [7, 11) is 0. The molecule has 2 aromatic rings. The van der Waals surface area contributed by atoms with E-state index in [2.05, 4.69) is 15.8 Å². The van der Waals surface area contributed by atoms with E-state index in [0.717, 1.165) is 42.5 Å². The molecule has 1 heterocycles. The number of amides is 2. The third kappa shape index (κ3) is 5.29. The lowest BCUT2D eigenvalue weighted by Gasteiger charge is -2.08. The summed E-state index contributed by atoms with van der Waals surface area (Å²) in [6.45, 7) is 1.93. The minimum Gasteiger partial charge on any atom is -0.462 e.